The van der Waals surface area contributed by atoms with Crippen LogP contribution in [0.3, 0.4) is 0 Å². The second-order valence-electron chi connectivity index (χ2n) is 4.90. The van der Waals surface area contributed by atoms with Crippen molar-refractivity contribution in [2.24, 2.45) is 0 Å². The Morgan fingerprint density at radius 1 is 1.15 bits per heavy atom. The highest BCUT2D eigenvalue weighted by Crippen LogP contribution is 2.24. The van der Waals surface area contributed by atoms with Gasteiger partial charge in [0.1, 0.15) is 6.07 Å². The van der Waals surface area contributed by atoms with E-state index in [9.17, 15) is 18.5 Å². The van der Waals surface area contributed by atoms with Crippen LogP contribution in [0.2, 0.25) is 10.0 Å². The molecular weight excluding hydrogens is 399 g/mol. The van der Waals surface area contributed by atoms with E-state index in [2.05, 4.69) is 10.1 Å². The van der Waals surface area contributed by atoms with Gasteiger partial charge in [0.05, 0.1) is 23.3 Å². The molecule has 6 nitrogen and oxygen atoms in total. The number of carbonyl (C=O) groups is 1. The number of methoxy groups -OCH3 is 1. The van der Waals surface area contributed by atoms with Gasteiger partial charge in [0, 0.05) is 16.2 Å². The van der Waals surface area contributed by atoms with E-state index >= 15 is 0 Å². The summed E-state index contributed by atoms with van der Waals surface area (Å²) < 4.78 is 29.8. The summed E-state index contributed by atoms with van der Waals surface area (Å²) in [6.45, 7) is 0. The number of allylic oxidation sites excluding steroid dienone is 1. The highest BCUT2D eigenvalue weighted by molar-refractivity contribution is 7.95. The van der Waals surface area contributed by atoms with Gasteiger partial charge in [-0.3, -0.25) is 0 Å². The lowest BCUT2D eigenvalue weighted by Gasteiger charge is -2.09. The Hall–Kier alpha value is -2.53. The smallest absolute Gasteiger partial charge is 0.339 e. The number of nitriles is 1. The van der Waals surface area contributed by atoms with E-state index in [-0.39, 0.29) is 16.1 Å². The van der Waals surface area contributed by atoms with Gasteiger partial charge in [-0.2, -0.15) is 5.26 Å². The van der Waals surface area contributed by atoms with Crippen LogP contribution in [0.1, 0.15) is 10.4 Å². The molecule has 0 aliphatic heterocycles. The van der Waals surface area contributed by atoms with Crippen LogP contribution in [0.25, 0.3) is 0 Å². The Bertz CT molecular complexity index is 1010. The van der Waals surface area contributed by atoms with Crippen LogP contribution >= 0.6 is 23.2 Å². The Morgan fingerprint density at radius 3 is 2.35 bits per heavy atom. The average molecular weight is 411 g/mol. The number of nitrogens with zero attached hydrogens (tertiary/aromatic N) is 1. The fourth-order valence-corrected chi connectivity index (χ4v) is 3.36. The SMILES string of the molecule is COC(=O)c1ccc(Cl)cc1N/C=C(/C#N)S(=O)(=O)c1ccc(Cl)cc1. The number of rotatable bonds is 5. The van der Waals surface area contributed by atoms with Crippen LogP contribution in [-0.4, -0.2) is 21.5 Å². The minimum atomic E-state index is -4.06. The molecule has 0 heterocycles. The highest BCUT2D eigenvalue weighted by Gasteiger charge is 2.21. The van der Waals surface area contributed by atoms with Gasteiger partial charge in [-0.25, -0.2) is 13.2 Å². The second-order valence-corrected chi connectivity index (χ2v) is 7.69. The van der Waals surface area contributed by atoms with Crippen LogP contribution in [0.5, 0.6) is 0 Å². The molecular formula is C17H12Cl2N2O4S. The van der Waals surface area contributed by atoms with Crippen molar-refractivity contribution in [1.29, 1.82) is 5.26 Å². The van der Waals surface area contributed by atoms with Crippen LogP contribution in [0.4, 0.5) is 5.69 Å². The lowest BCUT2D eigenvalue weighted by atomic mass is 10.2. The number of anilines is 1. The Labute approximate surface area is 160 Å². The first-order chi connectivity index (χ1) is 12.3. The summed E-state index contributed by atoms with van der Waals surface area (Å²) in [7, 11) is -2.85. The molecule has 0 saturated carbocycles. The molecule has 1 N–H and O–H groups in total. The molecule has 2 aromatic rings. The molecule has 0 aliphatic rings. The van der Waals surface area contributed by atoms with Crippen molar-refractivity contribution in [3.63, 3.8) is 0 Å². The number of sulfone groups is 1. The number of hydrogen-bond donors (Lipinski definition) is 1. The summed E-state index contributed by atoms with van der Waals surface area (Å²) in [5.74, 6) is -0.642. The Kier molecular flexibility index (Phi) is 6.27. The lowest BCUT2D eigenvalue weighted by molar-refractivity contribution is 0.0602. The largest absolute Gasteiger partial charge is 0.465 e. The lowest BCUT2D eigenvalue weighted by Crippen LogP contribution is -2.08. The minimum absolute atomic E-state index is 0.0872. The number of benzene rings is 2. The topological polar surface area (TPSA) is 96.3 Å². The van der Waals surface area contributed by atoms with Gasteiger partial charge in [0.15, 0.2) is 4.91 Å². The first-order valence-electron chi connectivity index (χ1n) is 7.05. The predicted molar refractivity (Wildman–Crippen MR) is 98.7 cm³/mol. The van der Waals surface area contributed by atoms with E-state index in [4.69, 9.17) is 23.2 Å². The predicted octanol–water partition coefficient (Wildman–Crippen LogP) is 4.03. The molecule has 9 heteroatoms. The fourth-order valence-electron chi connectivity index (χ4n) is 1.98. The molecule has 0 aromatic heterocycles. The van der Waals surface area contributed by atoms with Crippen molar-refractivity contribution in [1.82, 2.24) is 0 Å². The van der Waals surface area contributed by atoms with Crippen LogP contribution in [0.15, 0.2) is 58.5 Å². The summed E-state index contributed by atoms with van der Waals surface area (Å²) in [4.78, 5) is 11.2. The van der Waals surface area contributed by atoms with E-state index in [1.54, 1.807) is 6.07 Å². The number of hydrogen-bond acceptors (Lipinski definition) is 6. The second kappa shape index (κ2) is 8.23. The van der Waals surface area contributed by atoms with Crippen molar-refractivity contribution in [3.8, 4) is 6.07 Å². The van der Waals surface area contributed by atoms with Gasteiger partial charge >= 0.3 is 5.97 Å². The zero-order chi connectivity index (χ0) is 19.3. The van der Waals surface area contributed by atoms with Crippen molar-refractivity contribution >= 4 is 44.7 Å². The van der Waals surface area contributed by atoms with Crippen molar-refractivity contribution in [2.45, 2.75) is 4.90 Å². The van der Waals surface area contributed by atoms with E-state index in [0.717, 1.165) is 6.20 Å². The Balaban J connectivity index is 2.42. The summed E-state index contributed by atoms with van der Waals surface area (Å²) in [6, 6.07) is 11.3. The standard InChI is InChI=1S/C17H12Cl2N2O4S/c1-25-17(22)15-7-4-12(19)8-16(15)21-10-14(9-20)26(23,24)13-5-2-11(18)3-6-13/h2-8,10,21H,1H3/b14-10-. The molecule has 0 fully saturated rings. The summed E-state index contributed by atoms with van der Waals surface area (Å²) in [5, 5.41) is 12.6. The average Bonchev–Trinajstić information content (AvgIpc) is 2.62. The first-order valence-corrected chi connectivity index (χ1v) is 9.29. The number of carbonyl (C=O) groups excluding carboxylic acids is 1. The van der Waals surface area contributed by atoms with Gasteiger partial charge in [-0.05, 0) is 42.5 Å². The third-order valence-corrected chi connectivity index (χ3v) is 5.44. The zero-order valence-corrected chi connectivity index (χ0v) is 15.7. The number of esters is 1. The van der Waals surface area contributed by atoms with E-state index < -0.39 is 20.7 Å². The maximum Gasteiger partial charge on any atom is 0.339 e. The van der Waals surface area contributed by atoms with E-state index in [0.29, 0.717) is 10.0 Å². The monoisotopic (exact) mass is 410 g/mol. The number of halogens is 2. The molecule has 0 saturated heterocycles. The van der Waals surface area contributed by atoms with E-state index in [1.165, 1.54) is 49.6 Å². The fraction of sp³-hybridized carbons (Fsp3) is 0.0588. The molecule has 0 unspecified atom stereocenters. The summed E-state index contributed by atoms with van der Waals surface area (Å²) in [5.41, 5.74) is 0.331. The molecule has 0 bridgehead atoms. The third kappa shape index (κ3) is 4.35. The highest BCUT2D eigenvalue weighted by atomic mass is 35.5. The number of nitrogens with one attached hydrogen (secondary N) is 1. The summed E-state index contributed by atoms with van der Waals surface area (Å²) in [6.07, 6.45) is 0.988. The van der Waals surface area contributed by atoms with Crippen LogP contribution in [-0.2, 0) is 14.6 Å². The zero-order valence-electron chi connectivity index (χ0n) is 13.4. The van der Waals surface area contributed by atoms with Crippen molar-refractivity contribution < 1.29 is 17.9 Å². The molecule has 2 rings (SSSR count). The molecule has 134 valence electrons. The molecule has 0 radical (unpaired) electrons. The summed E-state index contributed by atoms with van der Waals surface area (Å²) >= 11 is 11.7. The van der Waals surface area contributed by atoms with Crippen LogP contribution < -0.4 is 5.32 Å². The van der Waals surface area contributed by atoms with Crippen molar-refractivity contribution in [3.05, 3.63) is 69.2 Å². The van der Waals surface area contributed by atoms with Gasteiger partial charge in [0.2, 0.25) is 9.84 Å². The molecule has 0 atom stereocenters. The first kappa shape index (κ1) is 19.8. The van der Waals surface area contributed by atoms with Gasteiger partial charge in [0.25, 0.3) is 0 Å². The minimum Gasteiger partial charge on any atom is -0.465 e. The molecule has 2 aromatic carbocycles. The molecule has 0 amide bonds. The maximum atomic E-state index is 12.5. The van der Waals surface area contributed by atoms with Gasteiger partial charge in [-0.1, -0.05) is 23.2 Å². The van der Waals surface area contributed by atoms with E-state index in [1.807, 2.05) is 0 Å². The molecule has 0 aliphatic carbocycles. The van der Waals surface area contributed by atoms with Crippen molar-refractivity contribution in [2.75, 3.05) is 12.4 Å². The quantitative estimate of drug-likeness (QED) is 0.590. The number of ether oxygens (including phenoxy) is 1. The molecule has 26 heavy (non-hydrogen) atoms. The molecule has 0 spiro atoms. The van der Waals surface area contributed by atoms with Gasteiger partial charge < -0.3 is 10.1 Å². The van der Waals surface area contributed by atoms with Crippen LogP contribution in [0, 0.1) is 11.3 Å². The van der Waals surface area contributed by atoms with Gasteiger partial charge in [-0.15, -0.1) is 0 Å². The maximum absolute atomic E-state index is 12.5. The third-order valence-electron chi connectivity index (χ3n) is 3.27. The normalized spacial score (nSPS) is 11.5. The Morgan fingerprint density at radius 2 is 1.77 bits per heavy atom.